The molecule has 1 heterocycles. The highest BCUT2D eigenvalue weighted by Gasteiger charge is 2.46. The van der Waals surface area contributed by atoms with Crippen LogP contribution in [0.15, 0.2) is 35.2 Å². The van der Waals surface area contributed by atoms with Gasteiger partial charge in [0.2, 0.25) is 0 Å². The number of benzene rings is 1. The number of ether oxygens (including phenoxy) is 1. The van der Waals surface area contributed by atoms with Crippen molar-refractivity contribution in [1.29, 1.82) is 0 Å². The molecule has 0 atom stereocenters. The third kappa shape index (κ3) is 3.36. The Bertz CT molecular complexity index is 441. The molecule has 0 spiro atoms. The topological polar surface area (TPSA) is 29.5 Å². The number of carbonyl (C=O) groups excluding carboxylic acids is 1. The first-order valence-corrected chi connectivity index (χ1v) is 7.75. The van der Waals surface area contributed by atoms with Crippen LogP contribution in [0.4, 0.5) is 0 Å². The minimum Gasteiger partial charge on any atom is -0.464 e. The van der Waals surface area contributed by atoms with E-state index in [4.69, 9.17) is 4.74 Å². The van der Waals surface area contributed by atoms with Gasteiger partial charge in [-0.25, -0.2) is 4.31 Å². The monoisotopic (exact) mass is 293 g/mol. The Morgan fingerprint density at radius 3 is 2.20 bits per heavy atom. The van der Waals surface area contributed by atoms with E-state index < -0.39 is 0 Å². The van der Waals surface area contributed by atoms with Gasteiger partial charge in [-0.2, -0.15) is 0 Å². The van der Waals surface area contributed by atoms with Gasteiger partial charge in [-0.1, -0.05) is 18.2 Å². The molecule has 0 N–H and O–H groups in total. The highest BCUT2D eigenvalue weighted by atomic mass is 32.2. The molecular formula is C16H23NO2S. The van der Waals surface area contributed by atoms with Crippen molar-refractivity contribution in [3.05, 3.63) is 30.3 Å². The summed E-state index contributed by atoms with van der Waals surface area (Å²) in [5, 5.41) is 0. The number of piperidine rings is 1. The average molecular weight is 293 g/mol. The molecule has 0 bridgehead atoms. The van der Waals surface area contributed by atoms with Gasteiger partial charge in [-0.05, 0) is 51.8 Å². The Kier molecular flexibility index (Phi) is 4.45. The molecule has 0 radical (unpaired) electrons. The van der Waals surface area contributed by atoms with Crippen LogP contribution in [0.3, 0.4) is 0 Å². The molecule has 110 valence electrons. The molecule has 1 aromatic rings. The van der Waals surface area contributed by atoms with Crippen LogP contribution in [0, 0.1) is 0 Å². The van der Waals surface area contributed by atoms with Gasteiger partial charge in [0.1, 0.15) is 6.10 Å². The predicted octanol–water partition coefficient (Wildman–Crippen LogP) is 3.89. The van der Waals surface area contributed by atoms with Crippen LogP contribution >= 0.6 is 11.9 Å². The van der Waals surface area contributed by atoms with Gasteiger partial charge in [0.25, 0.3) is 6.47 Å². The van der Waals surface area contributed by atoms with Crippen LogP contribution < -0.4 is 0 Å². The van der Waals surface area contributed by atoms with Crippen LogP contribution in [-0.2, 0) is 9.53 Å². The van der Waals surface area contributed by atoms with Gasteiger partial charge in [0.05, 0.1) is 0 Å². The second-order valence-electron chi connectivity index (χ2n) is 6.59. The summed E-state index contributed by atoms with van der Waals surface area (Å²) in [5.74, 6) is 0. The lowest BCUT2D eigenvalue weighted by atomic mass is 9.81. The molecule has 0 unspecified atom stereocenters. The second kappa shape index (κ2) is 5.78. The SMILES string of the molecule is CC1(C)CC(OC=O)CC(C)(C)N1Sc1ccccc1. The maximum atomic E-state index is 10.6. The van der Waals surface area contributed by atoms with E-state index in [0.717, 1.165) is 12.8 Å². The van der Waals surface area contributed by atoms with Crippen LogP contribution in [0.25, 0.3) is 0 Å². The summed E-state index contributed by atoms with van der Waals surface area (Å²) in [6.07, 6.45) is 1.72. The van der Waals surface area contributed by atoms with E-state index in [1.807, 2.05) is 6.07 Å². The normalized spacial score (nSPS) is 22.4. The van der Waals surface area contributed by atoms with E-state index in [9.17, 15) is 4.79 Å². The standard InChI is InChI=1S/C16H23NO2S/c1-15(2)10-13(19-12-18)11-16(3,4)17(15)20-14-8-6-5-7-9-14/h5-9,12-13H,10-11H2,1-4H3. The van der Waals surface area contributed by atoms with E-state index in [2.05, 4.69) is 56.3 Å². The first kappa shape index (κ1) is 15.4. The minimum absolute atomic E-state index is 0.00474. The largest absolute Gasteiger partial charge is 0.464 e. The van der Waals surface area contributed by atoms with Gasteiger partial charge >= 0.3 is 0 Å². The number of rotatable bonds is 4. The second-order valence-corrected chi connectivity index (χ2v) is 7.61. The summed E-state index contributed by atoms with van der Waals surface area (Å²) < 4.78 is 7.68. The van der Waals surface area contributed by atoms with Gasteiger partial charge < -0.3 is 4.74 Å². The molecule has 1 aliphatic heterocycles. The van der Waals surface area contributed by atoms with Crippen LogP contribution in [0.2, 0.25) is 0 Å². The van der Waals surface area contributed by atoms with E-state index in [1.54, 1.807) is 11.9 Å². The zero-order valence-electron chi connectivity index (χ0n) is 12.6. The average Bonchev–Trinajstić information content (AvgIpc) is 2.35. The summed E-state index contributed by atoms with van der Waals surface area (Å²) in [6.45, 7) is 9.43. The van der Waals surface area contributed by atoms with Crippen molar-refractivity contribution in [1.82, 2.24) is 4.31 Å². The van der Waals surface area contributed by atoms with Gasteiger partial charge in [-0.15, -0.1) is 0 Å². The Morgan fingerprint density at radius 2 is 1.70 bits per heavy atom. The Morgan fingerprint density at radius 1 is 1.15 bits per heavy atom. The number of hydrogen-bond acceptors (Lipinski definition) is 4. The fourth-order valence-corrected chi connectivity index (χ4v) is 4.31. The lowest BCUT2D eigenvalue weighted by Crippen LogP contribution is -2.58. The molecular weight excluding hydrogens is 270 g/mol. The van der Waals surface area contributed by atoms with E-state index in [1.165, 1.54) is 4.90 Å². The fourth-order valence-electron chi connectivity index (χ4n) is 3.18. The summed E-state index contributed by atoms with van der Waals surface area (Å²) in [6, 6.07) is 10.4. The number of hydrogen-bond donors (Lipinski definition) is 0. The van der Waals surface area contributed by atoms with Crippen molar-refractivity contribution in [2.75, 3.05) is 0 Å². The molecule has 1 aliphatic rings. The smallest absolute Gasteiger partial charge is 0.293 e. The Hall–Kier alpha value is -1.00. The maximum Gasteiger partial charge on any atom is 0.293 e. The molecule has 0 amide bonds. The van der Waals surface area contributed by atoms with Crippen molar-refractivity contribution >= 4 is 18.4 Å². The van der Waals surface area contributed by atoms with Crippen LogP contribution in [0.5, 0.6) is 0 Å². The van der Waals surface area contributed by atoms with Crippen molar-refractivity contribution < 1.29 is 9.53 Å². The minimum atomic E-state index is -0.0318. The number of carbonyl (C=O) groups is 1. The molecule has 1 saturated heterocycles. The highest BCUT2D eigenvalue weighted by Crippen LogP contribution is 2.45. The lowest BCUT2D eigenvalue weighted by Gasteiger charge is -2.53. The van der Waals surface area contributed by atoms with Crippen LogP contribution in [-0.4, -0.2) is 28.0 Å². The van der Waals surface area contributed by atoms with E-state index in [-0.39, 0.29) is 17.2 Å². The molecule has 20 heavy (non-hydrogen) atoms. The molecule has 4 heteroatoms. The highest BCUT2D eigenvalue weighted by molar-refractivity contribution is 7.97. The molecule has 2 rings (SSSR count). The van der Waals surface area contributed by atoms with E-state index >= 15 is 0 Å². The lowest BCUT2D eigenvalue weighted by molar-refractivity contribution is -0.140. The third-order valence-electron chi connectivity index (χ3n) is 3.74. The molecule has 0 aliphatic carbocycles. The zero-order valence-corrected chi connectivity index (χ0v) is 13.4. The van der Waals surface area contributed by atoms with Crippen LogP contribution in [0.1, 0.15) is 40.5 Å². The summed E-state index contributed by atoms with van der Waals surface area (Å²) in [7, 11) is 0. The number of nitrogens with zero attached hydrogens (tertiary/aromatic N) is 1. The van der Waals surface area contributed by atoms with Gasteiger partial charge in [-0.3, -0.25) is 4.79 Å². The summed E-state index contributed by atoms with van der Waals surface area (Å²) in [4.78, 5) is 11.9. The van der Waals surface area contributed by atoms with Crippen molar-refractivity contribution in [3.8, 4) is 0 Å². The quantitative estimate of drug-likeness (QED) is 0.622. The van der Waals surface area contributed by atoms with Crippen molar-refractivity contribution in [2.45, 2.75) is 62.6 Å². The Labute approximate surface area is 125 Å². The van der Waals surface area contributed by atoms with E-state index in [0.29, 0.717) is 6.47 Å². The van der Waals surface area contributed by atoms with Crippen molar-refractivity contribution in [2.24, 2.45) is 0 Å². The molecule has 1 fully saturated rings. The fraction of sp³-hybridized carbons (Fsp3) is 0.562. The summed E-state index contributed by atoms with van der Waals surface area (Å²) in [5.41, 5.74) is -0.0636. The summed E-state index contributed by atoms with van der Waals surface area (Å²) >= 11 is 1.79. The van der Waals surface area contributed by atoms with Crippen molar-refractivity contribution in [3.63, 3.8) is 0 Å². The third-order valence-corrected chi connectivity index (χ3v) is 5.40. The predicted molar refractivity (Wildman–Crippen MR) is 82.5 cm³/mol. The Balaban J connectivity index is 2.20. The zero-order chi connectivity index (χ0) is 14.8. The molecule has 0 aromatic heterocycles. The molecule has 0 saturated carbocycles. The first-order chi connectivity index (χ1) is 9.35. The van der Waals surface area contributed by atoms with Gasteiger partial charge in [0, 0.05) is 28.8 Å². The molecule has 1 aromatic carbocycles. The first-order valence-electron chi connectivity index (χ1n) is 6.98. The maximum absolute atomic E-state index is 10.6. The van der Waals surface area contributed by atoms with Gasteiger partial charge in [0.15, 0.2) is 0 Å². The molecule has 3 nitrogen and oxygen atoms in total.